The van der Waals surface area contributed by atoms with Crippen LogP contribution in [0.5, 0.6) is 0 Å². The predicted octanol–water partition coefficient (Wildman–Crippen LogP) is 6.82. The van der Waals surface area contributed by atoms with E-state index in [1.807, 2.05) is 0 Å². The molecular weight excluding hydrogens is 300 g/mol. The maximum absolute atomic E-state index is 6.02. The summed E-state index contributed by atoms with van der Waals surface area (Å²) in [6.07, 6.45) is 20.3. The van der Waals surface area contributed by atoms with Gasteiger partial charge in [0, 0.05) is 0 Å². The molecular formula is C19H44OSi2. The molecule has 0 aliphatic rings. The summed E-state index contributed by atoms with van der Waals surface area (Å²) in [5.41, 5.74) is 0. The van der Waals surface area contributed by atoms with Crippen LogP contribution in [0.1, 0.15) is 96.8 Å². The van der Waals surface area contributed by atoms with Crippen LogP contribution in [0.2, 0.25) is 25.7 Å². The van der Waals surface area contributed by atoms with Gasteiger partial charge in [-0.1, -0.05) is 103 Å². The van der Waals surface area contributed by atoms with E-state index in [2.05, 4.69) is 26.6 Å². The lowest BCUT2D eigenvalue weighted by atomic mass is 10.0. The Morgan fingerprint density at radius 2 is 1.00 bits per heavy atom. The first-order valence-corrected chi connectivity index (χ1v) is 15.4. The smallest absolute Gasteiger partial charge is 0.172 e. The number of unbranched alkanes of at least 4 members (excludes halogenated alkanes) is 13. The van der Waals surface area contributed by atoms with E-state index >= 15 is 0 Å². The molecule has 0 saturated carbocycles. The lowest BCUT2D eigenvalue weighted by molar-refractivity contribution is 0.534. The molecule has 1 nitrogen and oxygen atoms in total. The van der Waals surface area contributed by atoms with E-state index < -0.39 is 8.32 Å². The second kappa shape index (κ2) is 16.3. The van der Waals surface area contributed by atoms with Gasteiger partial charge in [-0.3, -0.25) is 0 Å². The van der Waals surface area contributed by atoms with E-state index in [1.165, 1.54) is 95.9 Å². The molecule has 0 unspecified atom stereocenters. The third-order valence-corrected chi connectivity index (χ3v) is 10.5. The van der Waals surface area contributed by atoms with E-state index in [9.17, 15) is 0 Å². The van der Waals surface area contributed by atoms with Gasteiger partial charge in [-0.05, 0) is 19.1 Å². The molecule has 0 bridgehead atoms. The van der Waals surface area contributed by atoms with Gasteiger partial charge in [0.1, 0.15) is 9.76 Å². The topological polar surface area (TPSA) is 9.23 Å². The first-order valence-electron chi connectivity index (χ1n) is 10.3. The van der Waals surface area contributed by atoms with Gasteiger partial charge in [0.2, 0.25) is 0 Å². The number of hydrogen-bond acceptors (Lipinski definition) is 1. The highest BCUT2D eigenvalue weighted by atomic mass is 28.4. The lowest BCUT2D eigenvalue weighted by Gasteiger charge is -2.22. The lowest BCUT2D eigenvalue weighted by Crippen LogP contribution is -2.30. The Morgan fingerprint density at radius 1 is 0.636 bits per heavy atom. The van der Waals surface area contributed by atoms with Crippen molar-refractivity contribution >= 4 is 18.1 Å². The highest BCUT2D eigenvalue weighted by molar-refractivity contribution is 6.74. The average Bonchev–Trinajstić information content (AvgIpc) is 2.47. The Morgan fingerprint density at radius 3 is 1.36 bits per heavy atom. The van der Waals surface area contributed by atoms with Gasteiger partial charge in [-0.2, -0.15) is 0 Å². The van der Waals surface area contributed by atoms with Crippen LogP contribution >= 0.6 is 0 Å². The molecule has 0 aliphatic heterocycles. The van der Waals surface area contributed by atoms with Crippen LogP contribution in [0.25, 0.3) is 0 Å². The standard InChI is InChI=1S/C19H44OSi2/c1-5-6-7-8-9-10-11-12-13-14-15-16-17-18-19-22(3,4)20-21-2/h5-19,21H2,1-4H3. The molecule has 0 atom stereocenters. The Hall–Kier alpha value is 0.394. The van der Waals surface area contributed by atoms with Gasteiger partial charge in [0.15, 0.2) is 8.32 Å². The molecule has 22 heavy (non-hydrogen) atoms. The van der Waals surface area contributed by atoms with Crippen molar-refractivity contribution < 1.29 is 4.12 Å². The van der Waals surface area contributed by atoms with Gasteiger partial charge in [0.05, 0.1) is 0 Å². The van der Waals surface area contributed by atoms with Gasteiger partial charge < -0.3 is 4.12 Å². The minimum absolute atomic E-state index is 0.193. The molecule has 134 valence electrons. The molecule has 0 aromatic rings. The summed E-state index contributed by atoms with van der Waals surface area (Å²) in [5.74, 6) is 0. The molecule has 0 aliphatic carbocycles. The van der Waals surface area contributed by atoms with Crippen molar-refractivity contribution in [3.8, 4) is 0 Å². The monoisotopic (exact) mass is 344 g/mol. The Balaban J connectivity index is 3.11. The van der Waals surface area contributed by atoms with Crippen molar-refractivity contribution in [1.82, 2.24) is 0 Å². The summed E-state index contributed by atoms with van der Waals surface area (Å²) in [6.45, 7) is 9.35. The van der Waals surface area contributed by atoms with Crippen LogP contribution in [-0.4, -0.2) is 18.1 Å². The zero-order valence-corrected chi connectivity index (χ0v) is 18.6. The molecule has 0 N–H and O–H groups in total. The van der Waals surface area contributed by atoms with Crippen molar-refractivity contribution in [3.63, 3.8) is 0 Å². The highest BCUT2D eigenvalue weighted by Crippen LogP contribution is 2.17. The van der Waals surface area contributed by atoms with E-state index in [1.54, 1.807) is 0 Å². The van der Waals surface area contributed by atoms with Crippen LogP contribution in [0.4, 0.5) is 0 Å². The molecule has 0 aromatic carbocycles. The second-order valence-corrected chi connectivity index (χ2v) is 13.3. The van der Waals surface area contributed by atoms with Crippen molar-refractivity contribution in [3.05, 3.63) is 0 Å². The molecule has 0 spiro atoms. The van der Waals surface area contributed by atoms with Crippen molar-refractivity contribution in [2.75, 3.05) is 0 Å². The third kappa shape index (κ3) is 16.8. The first kappa shape index (κ1) is 22.4. The van der Waals surface area contributed by atoms with Crippen LogP contribution < -0.4 is 0 Å². The summed E-state index contributed by atoms with van der Waals surface area (Å²) in [6, 6.07) is 1.38. The fourth-order valence-electron chi connectivity index (χ4n) is 3.21. The van der Waals surface area contributed by atoms with E-state index in [4.69, 9.17) is 4.12 Å². The molecule has 0 heterocycles. The molecule has 0 radical (unpaired) electrons. The summed E-state index contributed by atoms with van der Waals surface area (Å²) in [7, 11) is -1.44. The normalized spacial score (nSPS) is 12.5. The van der Waals surface area contributed by atoms with Crippen LogP contribution in [0, 0.1) is 0 Å². The Bertz CT molecular complexity index is 219. The first-order chi connectivity index (χ1) is 10.6. The minimum atomic E-state index is -1.24. The second-order valence-electron chi connectivity index (χ2n) is 7.54. The molecule has 0 fully saturated rings. The van der Waals surface area contributed by atoms with Crippen LogP contribution in [0.3, 0.4) is 0 Å². The van der Waals surface area contributed by atoms with E-state index in [0.29, 0.717) is 0 Å². The zero-order valence-electron chi connectivity index (χ0n) is 16.2. The van der Waals surface area contributed by atoms with Gasteiger partial charge in [-0.15, -0.1) is 0 Å². The van der Waals surface area contributed by atoms with Crippen LogP contribution in [-0.2, 0) is 4.12 Å². The summed E-state index contributed by atoms with van der Waals surface area (Å²) in [5, 5.41) is 0. The fourth-order valence-corrected chi connectivity index (χ4v) is 8.01. The SMILES string of the molecule is CCCCCCCCCCCCCCCC[Si](C)(C)O[SiH2]C. The summed E-state index contributed by atoms with van der Waals surface area (Å²) in [4.78, 5) is 0. The number of rotatable bonds is 17. The highest BCUT2D eigenvalue weighted by Gasteiger charge is 2.19. The predicted molar refractivity (Wildman–Crippen MR) is 108 cm³/mol. The third-order valence-electron chi connectivity index (χ3n) is 4.67. The van der Waals surface area contributed by atoms with Crippen molar-refractivity contribution in [2.24, 2.45) is 0 Å². The summed E-state index contributed by atoms with van der Waals surface area (Å²) >= 11 is 0. The van der Waals surface area contributed by atoms with Crippen LogP contribution in [0.15, 0.2) is 0 Å². The van der Waals surface area contributed by atoms with Crippen molar-refractivity contribution in [2.45, 2.75) is 123 Å². The van der Waals surface area contributed by atoms with Gasteiger partial charge in [-0.25, -0.2) is 0 Å². The molecule has 0 saturated heterocycles. The average molecular weight is 345 g/mol. The molecule has 0 aromatic heterocycles. The maximum Gasteiger partial charge on any atom is 0.172 e. The Labute approximate surface area is 145 Å². The van der Waals surface area contributed by atoms with Gasteiger partial charge in [0.25, 0.3) is 0 Å². The molecule has 3 heteroatoms. The van der Waals surface area contributed by atoms with Crippen molar-refractivity contribution in [1.29, 1.82) is 0 Å². The maximum atomic E-state index is 6.02. The quantitative estimate of drug-likeness (QED) is 0.208. The Kier molecular flexibility index (Phi) is 16.5. The van der Waals surface area contributed by atoms with Gasteiger partial charge >= 0.3 is 0 Å². The molecule has 0 rings (SSSR count). The fraction of sp³-hybridized carbons (Fsp3) is 1.00. The molecule has 0 amide bonds. The number of hydrogen-bond donors (Lipinski definition) is 0. The minimum Gasteiger partial charge on any atom is -0.461 e. The van der Waals surface area contributed by atoms with E-state index in [0.717, 1.165) is 0 Å². The van der Waals surface area contributed by atoms with E-state index in [-0.39, 0.29) is 9.76 Å². The largest absolute Gasteiger partial charge is 0.461 e. The summed E-state index contributed by atoms with van der Waals surface area (Å²) < 4.78 is 6.02. The zero-order chi connectivity index (χ0) is 16.5.